The summed E-state index contributed by atoms with van der Waals surface area (Å²) in [5, 5.41) is 0. The number of rotatable bonds is 10. The second kappa shape index (κ2) is 13.3. The van der Waals surface area contributed by atoms with Crippen molar-refractivity contribution in [1.82, 2.24) is 0 Å². The van der Waals surface area contributed by atoms with E-state index in [2.05, 4.69) is 0 Å². The maximum absolute atomic E-state index is 13.5. The minimum Gasteiger partial charge on any atom is -0.463 e. The minimum atomic E-state index is -4.55. The Morgan fingerprint density at radius 3 is 2.19 bits per heavy atom. The van der Waals surface area contributed by atoms with Crippen molar-refractivity contribution in [3.8, 4) is 34.5 Å². The first-order valence-corrected chi connectivity index (χ1v) is 13.5. The summed E-state index contributed by atoms with van der Waals surface area (Å²) in [5.41, 5.74) is 2.58. The van der Waals surface area contributed by atoms with Gasteiger partial charge in [-0.1, -0.05) is 31.2 Å². The molecule has 0 unspecified atom stereocenters. The fourth-order valence-corrected chi connectivity index (χ4v) is 4.20. The van der Waals surface area contributed by atoms with Gasteiger partial charge < -0.3 is 18.9 Å². The summed E-state index contributed by atoms with van der Waals surface area (Å²) in [6.45, 7) is 7.72. The van der Waals surface area contributed by atoms with Crippen LogP contribution in [0.5, 0.6) is 34.5 Å². The second-order valence-electron chi connectivity index (χ2n) is 9.51. The largest absolute Gasteiger partial charge is 0.463 e. The van der Waals surface area contributed by atoms with E-state index in [9.17, 15) is 18.0 Å². The van der Waals surface area contributed by atoms with Crippen molar-refractivity contribution < 1.29 is 36.9 Å². The van der Waals surface area contributed by atoms with Gasteiger partial charge in [0.15, 0.2) is 11.5 Å². The molecule has 42 heavy (non-hydrogen) atoms. The Hall–Kier alpha value is -4.72. The van der Waals surface area contributed by atoms with E-state index in [0.717, 1.165) is 34.4 Å². The van der Waals surface area contributed by atoms with Gasteiger partial charge in [-0.2, -0.15) is 13.2 Å². The van der Waals surface area contributed by atoms with Crippen molar-refractivity contribution in [2.75, 3.05) is 6.61 Å². The van der Waals surface area contributed by atoms with Crippen molar-refractivity contribution in [2.24, 2.45) is 0 Å². The Morgan fingerprint density at radius 2 is 1.50 bits per heavy atom. The van der Waals surface area contributed by atoms with Crippen LogP contribution in [0.2, 0.25) is 0 Å². The summed E-state index contributed by atoms with van der Waals surface area (Å²) in [5.74, 6) is 1.49. The monoisotopic (exact) mass is 576 g/mol. The van der Waals surface area contributed by atoms with Crippen LogP contribution >= 0.6 is 0 Å². The summed E-state index contributed by atoms with van der Waals surface area (Å²) in [6, 6.07) is 20.9. The third-order valence-corrected chi connectivity index (χ3v) is 6.25. The summed E-state index contributed by atoms with van der Waals surface area (Å²) in [7, 11) is 0. The van der Waals surface area contributed by atoms with Crippen LogP contribution in [0.3, 0.4) is 0 Å². The highest BCUT2D eigenvalue weighted by molar-refractivity contribution is 5.87. The second-order valence-corrected chi connectivity index (χ2v) is 9.51. The molecule has 0 bridgehead atoms. The van der Waals surface area contributed by atoms with Gasteiger partial charge in [-0.3, -0.25) is 0 Å². The average Bonchev–Trinajstić information content (AvgIpc) is 2.93. The summed E-state index contributed by atoms with van der Waals surface area (Å²) >= 11 is 0. The molecule has 0 spiro atoms. The van der Waals surface area contributed by atoms with Crippen molar-refractivity contribution in [3.05, 3.63) is 113 Å². The van der Waals surface area contributed by atoms with Crippen molar-refractivity contribution in [2.45, 2.75) is 40.3 Å². The van der Waals surface area contributed by atoms with E-state index in [4.69, 9.17) is 18.9 Å². The smallest absolute Gasteiger partial charge is 0.416 e. The molecule has 0 N–H and O–H groups in total. The van der Waals surface area contributed by atoms with E-state index >= 15 is 0 Å². The van der Waals surface area contributed by atoms with Gasteiger partial charge >= 0.3 is 12.1 Å². The molecule has 0 aliphatic rings. The van der Waals surface area contributed by atoms with E-state index in [1.165, 1.54) is 12.1 Å². The Morgan fingerprint density at radius 1 is 0.762 bits per heavy atom. The van der Waals surface area contributed by atoms with Crippen LogP contribution in [-0.4, -0.2) is 12.6 Å². The van der Waals surface area contributed by atoms with Crippen LogP contribution in [-0.2, 0) is 22.1 Å². The standard InChI is InChI=1S/C34H31F3O5/c1-5-24-19-27(14-11-25(24)12-16-33(38)39-6-2)40-28-17-22(3)18-29(21-28)41-31-15-13-26(34(35,36)37)20-32(31)42-30-10-8-7-9-23(30)4/h7-21H,5-6H2,1-4H3. The zero-order chi connectivity index (χ0) is 30.3. The molecule has 4 aromatic rings. The molecule has 0 atom stereocenters. The number of esters is 1. The van der Waals surface area contributed by atoms with Crippen LogP contribution in [0.15, 0.2) is 84.9 Å². The first-order valence-electron chi connectivity index (χ1n) is 13.5. The number of hydrogen-bond acceptors (Lipinski definition) is 5. The van der Waals surface area contributed by atoms with Crippen LogP contribution in [0.25, 0.3) is 6.08 Å². The normalized spacial score (nSPS) is 11.4. The molecule has 0 fully saturated rings. The van der Waals surface area contributed by atoms with Crippen LogP contribution < -0.4 is 14.2 Å². The molecule has 0 aliphatic carbocycles. The van der Waals surface area contributed by atoms with Crippen molar-refractivity contribution in [1.29, 1.82) is 0 Å². The van der Waals surface area contributed by atoms with Gasteiger partial charge in [-0.05, 0) is 104 Å². The third-order valence-electron chi connectivity index (χ3n) is 6.25. The molecule has 218 valence electrons. The van der Waals surface area contributed by atoms with E-state index in [1.54, 1.807) is 56.3 Å². The van der Waals surface area contributed by atoms with E-state index in [-0.39, 0.29) is 11.5 Å². The summed E-state index contributed by atoms with van der Waals surface area (Å²) < 4.78 is 63.6. The lowest BCUT2D eigenvalue weighted by Gasteiger charge is -2.17. The van der Waals surface area contributed by atoms with Crippen molar-refractivity contribution >= 4 is 12.0 Å². The lowest BCUT2D eigenvalue weighted by Crippen LogP contribution is -2.05. The summed E-state index contributed by atoms with van der Waals surface area (Å²) in [4.78, 5) is 11.7. The predicted molar refractivity (Wildman–Crippen MR) is 156 cm³/mol. The highest BCUT2D eigenvalue weighted by Crippen LogP contribution is 2.41. The number of aryl methyl sites for hydroxylation is 3. The Kier molecular flexibility index (Phi) is 9.57. The summed E-state index contributed by atoms with van der Waals surface area (Å²) in [6.07, 6.45) is -0.741. The molecule has 4 aromatic carbocycles. The van der Waals surface area contributed by atoms with E-state index in [1.807, 2.05) is 38.1 Å². The number of halogens is 3. The van der Waals surface area contributed by atoms with Gasteiger partial charge in [0.25, 0.3) is 0 Å². The zero-order valence-electron chi connectivity index (χ0n) is 23.7. The number of carbonyl (C=O) groups excluding carboxylic acids is 1. The highest BCUT2D eigenvalue weighted by Gasteiger charge is 2.32. The zero-order valence-corrected chi connectivity index (χ0v) is 23.7. The fourth-order valence-electron chi connectivity index (χ4n) is 4.20. The van der Waals surface area contributed by atoms with Crippen LogP contribution in [0.1, 0.15) is 41.7 Å². The number of alkyl halides is 3. The number of carbonyl (C=O) groups is 1. The van der Waals surface area contributed by atoms with Crippen LogP contribution in [0.4, 0.5) is 13.2 Å². The highest BCUT2D eigenvalue weighted by atomic mass is 19.4. The van der Waals surface area contributed by atoms with Crippen molar-refractivity contribution in [3.63, 3.8) is 0 Å². The van der Waals surface area contributed by atoms with E-state index in [0.29, 0.717) is 36.0 Å². The molecule has 0 aromatic heterocycles. The average molecular weight is 577 g/mol. The van der Waals surface area contributed by atoms with Gasteiger partial charge in [0.05, 0.1) is 12.2 Å². The first-order chi connectivity index (χ1) is 20.0. The first kappa shape index (κ1) is 30.2. The molecule has 0 heterocycles. The SMILES string of the molecule is CCOC(=O)C=Cc1ccc(Oc2cc(C)cc(Oc3ccc(C(F)(F)F)cc3Oc3ccccc3C)c2)cc1CC. The molecule has 0 saturated carbocycles. The van der Waals surface area contributed by atoms with E-state index < -0.39 is 17.7 Å². The molecule has 0 saturated heterocycles. The maximum atomic E-state index is 13.5. The molecular weight excluding hydrogens is 545 g/mol. The van der Waals surface area contributed by atoms with Crippen LogP contribution in [0, 0.1) is 13.8 Å². The van der Waals surface area contributed by atoms with Gasteiger partial charge in [-0.25, -0.2) is 4.79 Å². The number of para-hydroxylation sites is 1. The Labute approximate surface area is 243 Å². The quantitative estimate of drug-likeness (QED) is 0.139. The number of ether oxygens (including phenoxy) is 4. The van der Waals surface area contributed by atoms with Gasteiger partial charge in [0, 0.05) is 12.1 Å². The number of benzene rings is 4. The molecule has 5 nitrogen and oxygen atoms in total. The topological polar surface area (TPSA) is 54.0 Å². The predicted octanol–water partition coefficient (Wildman–Crippen LogP) is 9.84. The molecule has 0 aliphatic heterocycles. The molecule has 0 radical (unpaired) electrons. The maximum Gasteiger partial charge on any atom is 0.416 e. The Balaban J connectivity index is 1.60. The Bertz CT molecular complexity index is 1590. The lowest BCUT2D eigenvalue weighted by atomic mass is 10.0. The van der Waals surface area contributed by atoms with Gasteiger partial charge in [0.2, 0.25) is 0 Å². The van der Waals surface area contributed by atoms with Gasteiger partial charge in [0.1, 0.15) is 23.0 Å². The van der Waals surface area contributed by atoms with Gasteiger partial charge in [-0.15, -0.1) is 0 Å². The third kappa shape index (κ3) is 7.94. The molecule has 8 heteroatoms. The molecule has 4 rings (SSSR count). The minimum absolute atomic E-state index is 0.0675. The molecular formula is C34H31F3O5. The fraction of sp³-hybridized carbons (Fsp3) is 0.206. The lowest BCUT2D eigenvalue weighted by molar-refractivity contribution is -0.138. The number of hydrogen-bond donors (Lipinski definition) is 0. The molecule has 0 amide bonds.